The summed E-state index contributed by atoms with van der Waals surface area (Å²) < 4.78 is 10.9. The standard InChI is InChI=1S/C34H22O4/c35-33-29(21-31(37-33)27-7-3-1-4-8-27)19-23-11-15-25(16-12-23)26-17-13-24(14-18-26)20-30-22-32(38-34(30)36)28-9-5-2-6-10-28/h1-22H/b29-19-,30-20-. The summed E-state index contributed by atoms with van der Waals surface area (Å²) >= 11 is 0. The molecule has 0 aromatic heterocycles. The van der Waals surface area contributed by atoms with E-state index in [1.54, 1.807) is 12.2 Å². The second kappa shape index (κ2) is 10.0. The molecule has 2 aliphatic rings. The molecule has 0 saturated heterocycles. The Hall–Kier alpha value is -5.22. The number of hydrogen-bond donors (Lipinski definition) is 0. The van der Waals surface area contributed by atoms with Crippen LogP contribution in [0.3, 0.4) is 0 Å². The third kappa shape index (κ3) is 4.88. The average molecular weight is 495 g/mol. The van der Waals surface area contributed by atoms with Crippen molar-refractivity contribution in [2.45, 2.75) is 0 Å². The predicted molar refractivity (Wildman–Crippen MR) is 149 cm³/mol. The van der Waals surface area contributed by atoms with E-state index < -0.39 is 0 Å². The number of ether oxygens (including phenoxy) is 2. The molecule has 0 aliphatic carbocycles. The smallest absolute Gasteiger partial charge is 0.343 e. The van der Waals surface area contributed by atoms with Crippen LogP contribution in [0.1, 0.15) is 22.3 Å². The van der Waals surface area contributed by atoms with Gasteiger partial charge in [-0.15, -0.1) is 0 Å². The molecular weight excluding hydrogens is 472 g/mol. The Bertz CT molecular complexity index is 1510. The molecule has 0 bridgehead atoms. The summed E-state index contributed by atoms with van der Waals surface area (Å²) in [7, 11) is 0. The van der Waals surface area contributed by atoms with Crippen molar-refractivity contribution in [3.8, 4) is 11.1 Å². The molecule has 0 unspecified atom stereocenters. The first-order valence-electron chi connectivity index (χ1n) is 12.2. The minimum absolute atomic E-state index is 0.352. The Balaban J connectivity index is 1.17. The first kappa shape index (κ1) is 23.2. The van der Waals surface area contributed by atoms with Crippen LogP contribution in [0.25, 0.3) is 34.8 Å². The van der Waals surface area contributed by atoms with E-state index in [0.717, 1.165) is 33.4 Å². The van der Waals surface area contributed by atoms with Crippen molar-refractivity contribution in [1.82, 2.24) is 0 Å². The van der Waals surface area contributed by atoms with Gasteiger partial charge < -0.3 is 9.47 Å². The zero-order chi connectivity index (χ0) is 25.9. The molecule has 4 aromatic rings. The number of hydrogen-bond acceptors (Lipinski definition) is 4. The molecule has 38 heavy (non-hydrogen) atoms. The second-order valence-corrected chi connectivity index (χ2v) is 8.97. The maximum Gasteiger partial charge on any atom is 0.343 e. The van der Waals surface area contributed by atoms with Crippen LogP contribution >= 0.6 is 0 Å². The van der Waals surface area contributed by atoms with E-state index in [-0.39, 0.29) is 11.9 Å². The number of carbonyl (C=O) groups is 2. The van der Waals surface area contributed by atoms with Gasteiger partial charge in [-0.2, -0.15) is 0 Å². The Morgan fingerprint density at radius 3 is 1.16 bits per heavy atom. The van der Waals surface area contributed by atoms with Crippen molar-refractivity contribution >= 4 is 35.6 Å². The van der Waals surface area contributed by atoms with Gasteiger partial charge in [-0.25, -0.2) is 9.59 Å². The molecule has 2 aliphatic heterocycles. The van der Waals surface area contributed by atoms with Gasteiger partial charge in [-0.05, 0) is 46.6 Å². The van der Waals surface area contributed by atoms with Crippen molar-refractivity contribution < 1.29 is 19.1 Å². The third-order valence-electron chi connectivity index (χ3n) is 6.37. The average Bonchev–Trinajstić information content (AvgIpc) is 3.52. The molecule has 0 saturated carbocycles. The molecule has 0 fully saturated rings. The molecule has 2 heterocycles. The first-order valence-corrected chi connectivity index (χ1v) is 12.2. The number of rotatable bonds is 5. The molecule has 4 nitrogen and oxygen atoms in total. The van der Waals surface area contributed by atoms with Crippen molar-refractivity contribution in [2.75, 3.05) is 0 Å². The molecule has 6 rings (SSSR count). The van der Waals surface area contributed by atoms with Crippen LogP contribution in [0, 0.1) is 0 Å². The largest absolute Gasteiger partial charge is 0.422 e. The summed E-state index contributed by atoms with van der Waals surface area (Å²) in [5, 5.41) is 0. The summed E-state index contributed by atoms with van der Waals surface area (Å²) in [5.41, 5.74) is 6.70. The molecule has 0 radical (unpaired) electrons. The molecule has 182 valence electrons. The van der Waals surface area contributed by atoms with Gasteiger partial charge in [0.1, 0.15) is 11.5 Å². The van der Waals surface area contributed by atoms with E-state index in [4.69, 9.17) is 9.47 Å². The lowest BCUT2D eigenvalue weighted by molar-refractivity contribution is -0.131. The maximum absolute atomic E-state index is 12.3. The zero-order valence-electron chi connectivity index (χ0n) is 20.3. The summed E-state index contributed by atoms with van der Waals surface area (Å²) in [6.07, 6.45) is 7.21. The van der Waals surface area contributed by atoms with Crippen LogP contribution in [0.2, 0.25) is 0 Å². The zero-order valence-corrected chi connectivity index (χ0v) is 20.3. The fourth-order valence-corrected chi connectivity index (χ4v) is 4.37. The molecule has 4 heteroatoms. The Labute approximate surface area is 220 Å². The quantitative estimate of drug-likeness (QED) is 0.216. The van der Waals surface area contributed by atoms with Gasteiger partial charge in [0.2, 0.25) is 0 Å². The van der Waals surface area contributed by atoms with E-state index in [1.807, 2.05) is 121 Å². The van der Waals surface area contributed by atoms with Gasteiger partial charge in [0.25, 0.3) is 0 Å². The van der Waals surface area contributed by atoms with Crippen molar-refractivity contribution in [1.29, 1.82) is 0 Å². The van der Waals surface area contributed by atoms with Crippen LogP contribution in [0.15, 0.2) is 132 Å². The number of carbonyl (C=O) groups excluding carboxylic acids is 2. The number of esters is 2. The van der Waals surface area contributed by atoms with E-state index in [0.29, 0.717) is 22.7 Å². The van der Waals surface area contributed by atoms with Gasteiger partial charge in [-0.3, -0.25) is 0 Å². The van der Waals surface area contributed by atoms with Crippen LogP contribution in [0.5, 0.6) is 0 Å². The minimum atomic E-state index is -0.352. The highest BCUT2D eigenvalue weighted by Gasteiger charge is 2.22. The Morgan fingerprint density at radius 2 is 0.789 bits per heavy atom. The molecule has 4 aromatic carbocycles. The number of cyclic esters (lactones) is 2. The topological polar surface area (TPSA) is 52.6 Å². The lowest BCUT2D eigenvalue weighted by Gasteiger charge is -2.04. The summed E-state index contributed by atoms with van der Waals surface area (Å²) in [5.74, 6) is 0.418. The van der Waals surface area contributed by atoms with Gasteiger partial charge in [0, 0.05) is 11.1 Å². The van der Waals surface area contributed by atoms with Crippen LogP contribution in [0.4, 0.5) is 0 Å². The summed E-state index contributed by atoms with van der Waals surface area (Å²) in [4.78, 5) is 24.7. The van der Waals surface area contributed by atoms with Crippen LogP contribution < -0.4 is 0 Å². The van der Waals surface area contributed by atoms with E-state index >= 15 is 0 Å². The fourth-order valence-electron chi connectivity index (χ4n) is 4.37. The normalized spacial score (nSPS) is 16.8. The lowest BCUT2D eigenvalue weighted by Crippen LogP contribution is -1.97. The van der Waals surface area contributed by atoms with Gasteiger partial charge in [0.05, 0.1) is 11.1 Å². The molecule has 0 N–H and O–H groups in total. The third-order valence-corrected chi connectivity index (χ3v) is 6.37. The minimum Gasteiger partial charge on any atom is -0.422 e. The molecule has 0 amide bonds. The van der Waals surface area contributed by atoms with Crippen LogP contribution in [-0.4, -0.2) is 11.9 Å². The molecule has 0 atom stereocenters. The van der Waals surface area contributed by atoms with E-state index in [1.165, 1.54) is 0 Å². The predicted octanol–water partition coefficient (Wildman–Crippen LogP) is 7.32. The van der Waals surface area contributed by atoms with E-state index in [2.05, 4.69) is 0 Å². The summed E-state index contributed by atoms with van der Waals surface area (Å²) in [6.45, 7) is 0. The second-order valence-electron chi connectivity index (χ2n) is 8.97. The Morgan fingerprint density at radius 1 is 0.421 bits per heavy atom. The van der Waals surface area contributed by atoms with Gasteiger partial charge >= 0.3 is 11.9 Å². The van der Waals surface area contributed by atoms with Crippen molar-refractivity contribution in [3.05, 3.63) is 155 Å². The highest BCUT2D eigenvalue weighted by molar-refractivity contribution is 6.06. The monoisotopic (exact) mass is 494 g/mol. The highest BCUT2D eigenvalue weighted by atomic mass is 16.5. The van der Waals surface area contributed by atoms with Crippen molar-refractivity contribution in [3.63, 3.8) is 0 Å². The van der Waals surface area contributed by atoms with E-state index in [9.17, 15) is 9.59 Å². The Kier molecular flexibility index (Phi) is 6.12. The summed E-state index contributed by atoms with van der Waals surface area (Å²) in [6, 6.07) is 35.1. The van der Waals surface area contributed by atoms with Gasteiger partial charge in [0.15, 0.2) is 0 Å². The highest BCUT2D eigenvalue weighted by Crippen LogP contribution is 2.29. The maximum atomic E-state index is 12.3. The fraction of sp³-hybridized carbons (Fsp3) is 0. The molecular formula is C34H22O4. The SMILES string of the molecule is O=C1OC(c2ccccc2)=C/C1=C/c1ccc(-c2ccc(/C=C3/C=C(c4ccccc4)OC3=O)cc2)cc1. The van der Waals surface area contributed by atoms with Gasteiger partial charge in [-0.1, -0.05) is 109 Å². The van der Waals surface area contributed by atoms with Crippen molar-refractivity contribution in [2.24, 2.45) is 0 Å². The van der Waals surface area contributed by atoms with Crippen LogP contribution in [-0.2, 0) is 19.1 Å². The first-order chi connectivity index (χ1) is 18.6. The lowest BCUT2D eigenvalue weighted by atomic mass is 10.0. The number of benzene rings is 4. The molecule has 0 spiro atoms.